The van der Waals surface area contributed by atoms with Crippen molar-refractivity contribution in [3.05, 3.63) is 0 Å². The first kappa shape index (κ1) is 20.5. The highest BCUT2D eigenvalue weighted by Crippen LogP contribution is 2.22. The Morgan fingerprint density at radius 1 is 1.19 bits per heavy atom. The lowest BCUT2D eigenvalue weighted by Crippen LogP contribution is -2.41. The van der Waals surface area contributed by atoms with Crippen LogP contribution in [0.5, 0.6) is 0 Å². The Hall–Kier alpha value is -0.530. The highest BCUT2D eigenvalue weighted by Gasteiger charge is 2.13. The minimum Gasteiger partial charge on any atom is -0.356 e. The van der Waals surface area contributed by atoms with E-state index >= 15 is 0 Å². The number of hydrogen-bond donors (Lipinski definition) is 2. The van der Waals surface area contributed by atoms with Gasteiger partial charge in [0.2, 0.25) is 5.91 Å². The Kier molecular flexibility index (Phi) is 11.8. The number of hydrogen-bond acceptors (Lipinski definition) is 2. The molecule has 6 heteroatoms. The van der Waals surface area contributed by atoms with Crippen LogP contribution in [0.15, 0.2) is 4.99 Å². The molecule has 1 rings (SSSR count). The topological polar surface area (TPSA) is 56.7 Å². The highest BCUT2D eigenvalue weighted by molar-refractivity contribution is 14.0. The number of likely N-dealkylation sites (N-methyl/N-ethyl adjacent to an activating group) is 1. The van der Waals surface area contributed by atoms with Crippen molar-refractivity contribution in [1.29, 1.82) is 0 Å². The van der Waals surface area contributed by atoms with E-state index in [-0.39, 0.29) is 36.4 Å². The molecule has 1 aliphatic rings. The molecule has 1 amide bonds. The van der Waals surface area contributed by atoms with Gasteiger partial charge in [-0.05, 0) is 25.2 Å². The maximum absolute atomic E-state index is 11.6. The van der Waals surface area contributed by atoms with Crippen LogP contribution in [0.1, 0.15) is 45.4 Å². The molecule has 0 heterocycles. The predicted octanol–water partition coefficient (Wildman–Crippen LogP) is 2.22. The average Bonchev–Trinajstić information content (AvgIpc) is 2.47. The molecule has 21 heavy (non-hydrogen) atoms. The maximum atomic E-state index is 11.6. The number of carbonyl (C=O) groups is 1. The lowest BCUT2D eigenvalue weighted by atomic mass is 9.89. The van der Waals surface area contributed by atoms with Crippen LogP contribution in [0.2, 0.25) is 0 Å². The summed E-state index contributed by atoms with van der Waals surface area (Å²) in [6.07, 6.45) is 7.74. The zero-order valence-corrected chi connectivity index (χ0v) is 16.0. The Morgan fingerprint density at radius 3 is 2.43 bits per heavy atom. The molecule has 0 aromatic heterocycles. The molecule has 0 aromatic rings. The summed E-state index contributed by atoms with van der Waals surface area (Å²) in [7, 11) is 3.51. The number of nitrogens with one attached hydrogen (secondary N) is 2. The highest BCUT2D eigenvalue weighted by atomic mass is 127. The van der Waals surface area contributed by atoms with Crippen LogP contribution in [0.4, 0.5) is 0 Å². The predicted molar refractivity (Wildman–Crippen MR) is 99.3 cm³/mol. The van der Waals surface area contributed by atoms with Crippen LogP contribution in [0.25, 0.3) is 0 Å². The molecule has 0 spiro atoms. The van der Waals surface area contributed by atoms with Gasteiger partial charge in [0.1, 0.15) is 6.54 Å². The lowest BCUT2D eigenvalue weighted by Gasteiger charge is -2.23. The molecule has 1 fully saturated rings. The van der Waals surface area contributed by atoms with Crippen LogP contribution in [-0.2, 0) is 4.79 Å². The first-order valence-corrected chi connectivity index (χ1v) is 7.85. The van der Waals surface area contributed by atoms with Crippen molar-refractivity contribution in [3.63, 3.8) is 0 Å². The van der Waals surface area contributed by atoms with Crippen molar-refractivity contribution in [2.24, 2.45) is 10.9 Å². The summed E-state index contributed by atoms with van der Waals surface area (Å²) < 4.78 is 0. The Bertz CT molecular complexity index is 315. The SMILES string of the molecule is CCCNC(=NCC(=O)N(C)C)NCC1CCCCC1.I. The van der Waals surface area contributed by atoms with Gasteiger partial charge < -0.3 is 15.5 Å². The van der Waals surface area contributed by atoms with Crippen molar-refractivity contribution >= 4 is 35.8 Å². The van der Waals surface area contributed by atoms with Gasteiger partial charge in [-0.15, -0.1) is 24.0 Å². The fourth-order valence-corrected chi connectivity index (χ4v) is 2.34. The molecule has 0 aromatic carbocycles. The van der Waals surface area contributed by atoms with Gasteiger partial charge in [0.15, 0.2) is 5.96 Å². The minimum absolute atomic E-state index is 0. The van der Waals surface area contributed by atoms with Crippen molar-refractivity contribution < 1.29 is 4.79 Å². The maximum Gasteiger partial charge on any atom is 0.243 e. The van der Waals surface area contributed by atoms with E-state index in [0.29, 0.717) is 0 Å². The first-order valence-electron chi connectivity index (χ1n) is 7.85. The number of rotatable bonds is 6. The second-order valence-corrected chi connectivity index (χ2v) is 5.76. The van der Waals surface area contributed by atoms with E-state index < -0.39 is 0 Å². The van der Waals surface area contributed by atoms with Crippen molar-refractivity contribution in [2.75, 3.05) is 33.7 Å². The van der Waals surface area contributed by atoms with Crippen LogP contribution in [0, 0.1) is 5.92 Å². The van der Waals surface area contributed by atoms with Gasteiger partial charge in [-0.1, -0.05) is 26.2 Å². The van der Waals surface area contributed by atoms with Gasteiger partial charge in [-0.25, -0.2) is 4.99 Å². The van der Waals surface area contributed by atoms with E-state index in [4.69, 9.17) is 0 Å². The smallest absolute Gasteiger partial charge is 0.243 e. The third-order valence-electron chi connectivity index (χ3n) is 3.70. The van der Waals surface area contributed by atoms with Gasteiger partial charge >= 0.3 is 0 Å². The van der Waals surface area contributed by atoms with Crippen LogP contribution < -0.4 is 10.6 Å². The second-order valence-electron chi connectivity index (χ2n) is 5.76. The summed E-state index contributed by atoms with van der Waals surface area (Å²) >= 11 is 0. The number of guanidine groups is 1. The molecule has 1 aliphatic carbocycles. The third kappa shape index (κ3) is 9.16. The summed E-state index contributed by atoms with van der Waals surface area (Å²) in [5.41, 5.74) is 0. The normalized spacial score (nSPS) is 16.0. The van der Waals surface area contributed by atoms with Gasteiger partial charge in [0.25, 0.3) is 0 Å². The number of carbonyl (C=O) groups excluding carboxylic acids is 1. The Balaban J connectivity index is 0.00000400. The van der Waals surface area contributed by atoms with Crippen molar-refractivity contribution in [3.8, 4) is 0 Å². The molecule has 0 radical (unpaired) electrons. The van der Waals surface area contributed by atoms with Crippen LogP contribution in [-0.4, -0.2) is 50.5 Å². The summed E-state index contributed by atoms with van der Waals surface area (Å²) in [5, 5.41) is 6.66. The quantitative estimate of drug-likeness (QED) is 0.401. The van der Waals surface area contributed by atoms with E-state index in [0.717, 1.165) is 31.4 Å². The lowest BCUT2D eigenvalue weighted by molar-refractivity contribution is -0.127. The zero-order chi connectivity index (χ0) is 14.8. The summed E-state index contributed by atoms with van der Waals surface area (Å²) in [6.45, 7) is 4.17. The van der Waals surface area contributed by atoms with Crippen LogP contribution in [0.3, 0.4) is 0 Å². The number of amides is 1. The van der Waals surface area contributed by atoms with E-state index in [9.17, 15) is 4.79 Å². The largest absolute Gasteiger partial charge is 0.356 e. The Labute approximate surface area is 146 Å². The molecule has 0 saturated heterocycles. The fraction of sp³-hybridized carbons (Fsp3) is 0.867. The van der Waals surface area contributed by atoms with E-state index in [1.54, 1.807) is 19.0 Å². The molecule has 0 aliphatic heterocycles. The monoisotopic (exact) mass is 410 g/mol. The zero-order valence-electron chi connectivity index (χ0n) is 13.7. The van der Waals surface area contributed by atoms with Gasteiger partial charge in [-0.3, -0.25) is 4.79 Å². The van der Waals surface area contributed by atoms with E-state index in [1.807, 2.05) is 0 Å². The molecule has 2 N–H and O–H groups in total. The number of aliphatic imine (C=N–C) groups is 1. The standard InChI is InChI=1S/C15H30N4O.HI/c1-4-10-16-15(18-12-14(20)19(2)3)17-11-13-8-6-5-7-9-13;/h13H,4-12H2,1-3H3,(H2,16,17,18);1H. The molecule has 0 bridgehead atoms. The van der Waals surface area contributed by atoms with Gasteiger partial charge in [0.05, 0.1) is 0 Å². The number of halogens is 1. The van der Waals surface area contributed by atoms with Crippen molar-refractivity contribution in [2.45, 2.75) is 45.4 Å². The third-order valence-corrected chi connectivity index (χ3v) is 3.70. The second kappa shape index (κ2) is 12.1. The minimum atomic E-state index is 0. The summed E-state index contributed by atoms with van der Waals surface area (Å²) in [4.78, 5) is 17.5. The Morgan fingerprint density at radius 2 is 1.86 bits per heavy atom. The molecule has 124 valence electrons. The fourth-order valence-electron chi connectivity index (χ4n) is 2.34. The molecular weight excluding hydrogens is 379 g/mol. The van der Waals surface area contributed by atoms with E-state index in [2.05, 4.69) is 22.5 Å². The summed E-state index contributed by atoms with van der Waals surface area (Å²) in [5.74, 6) is 1.55. The van der Waals surface area contributed by atoms with Gasteiger partial charge in [0, 0.05) is 27.2 Å². The van der Waals surface area contributed by atoms with Gasteiger partial charge in [-0.2, -0.15) is 0 Å². The van der Waals surface area contributed by atoms with Crippen molar-refractivity contribution in [1.82, 2.24) is 15.5 Å². The first-order chi connectivity index (χ1) is 9.63. The molecule has 0 unspecified atom stereocenters. The molecule has 1 saturated carbocycles. The molecular formula is C15H31IN4O. The van der Waals surface area contributed by atoms with E-state index in [1.165, 1.54) is 32.1 Å². The molecule has 0 atom stereocenters. The van der Waals surface area contributed by atoms with Crippen LogP contribution >= 0.6 is 24.0 Å². The molecule has 5 nitrogen and oxygen atoms in total. The number of nitrogens with zero attached hydrogens (tertiary/aromatic N) is 2. The average molecular weight is 410 g/mol. The summed E-state index contributed by atoms with van der Waals surface area (Å²) in [6, 6.07) is 0.